The van der Waals surface area contributed by atoms with Gasteiger partial charge in [0.15, 0.2) is 0 Å². The molecule has 0 radical (unpaired) electrons. The number of hydrogen-bond donors (Lipinski definition) is 2. The Balaban J connectivity index is 1.43. The number of rotatable bonds is 4. The molecule has 3 unspecified atom stereocenters. The number of pyridine rings is 1. The first-order valence-electron chi connectivity index (χ1n) is 8.26. The molecule has 2 fully saturated rings. The van der Waals surface area contributed by atoms with E-state index in [1.165, 1.54) is 32.1 Å². The summed E-state index contributed by atoms with van der Waals surface area (Å²) in [6.07, 6.45) is 10.0. The SMILES string of the molecule is O=C(NCCc1ccccn1)C1CCC2CCCCC2N1. The average molecular weight is 287 g/mol. The lowest BCUT2D eigenvalue weighted by Gasteiger charge is -2.39. The Labute approximate surface area is 126 Å². The van der Waals surface area contributed by atoms with E-state index in [9.17, 15) is 4.79 Å². The zero-order valence-corrected chi connectivity index (χ0v) is 12.6. The third kappa shape index (κ3) is 3.82. The van der Waals surface area contributed by atoms with Crippen LogP contribution < -0.4 is 10.6 Å². The van der Waals surface area contributed by atoms with Crippen LogP contribution in [-0.4, -0.2) is 29.5 Å². The van der Waals surface area contributed by atoms with Crippen LogP contribution in [0.25, 0.3) is 0 Å². The van der Waals surface area contributed by atoms with Crippen LogP contribution in [0, 0.1) is 5.92 Å². The number of amides is 1. The molecule has 1 aliphatic carbocycles. The van der Waals surface area contributed by atoms with Crippen molar-refractivity contribution in [3.63, 3.8) is 0 Å². The van der Waals surface area contributed by atoms with Crippen molar-refractivity contribution in [3.05, 3.63) is 30.1 Å². The lowest BCUT2D eigenvalue weighted by molar-refractivity contribution is -0.124. The van der Waals surface area contributed by atoms with Gasteiger partial charge in [0.1, 0.15) is 0 Å². The number of nitrogens with one attached hydrogen (secondary N) is 2. The highest BCUT2D eigenvalue weighted by molar-refractivity contribution is 5.81. The maximum Gasteiger partial charge on any atom is 0.237 e. The van der Waals surface area contributed by atoms with E-state index in [4.69, 9.17) is 0 Å². The van der Waals surface area contributed by atoms with Crippen molar-refractivity contribution in [2.24, 2.45) is 5.92 Å². The summed E-state index contributed by atoms with van der Waals surface area (Å²) in [6.45, 7) is 0.669. The second-order valence-corrected chi connectivity index (χ2v) is 6.31. The summed E-state index contributed by atoms with van der Waals surface area (Å²) in [5, 5.41) is 6.63. The molecule has 114 valence electrons. The molecule has 4 heteroatoms. The smallest absolute Gasteiger partial charge is 0.237 e. The summed E-state index contributed by atoms with van der Waals surface area (Å²) >= 11 is 0. The number of nitrogens with zero attached hydrogens (tertiary/aromatic N) is 1. The van der Waals surface area contributed by atoms with Gasteiger partial charge in [0.25, 0.3) is 0 Å². The predicted octanol–water partition coefficient (Wildman–Crippen LogP) is 2.05. The van der Waals surface area contributed by atoms with E-state index in [2.05, 4.69) is 15.6 Å². The minimum atomic E-state index is 0.00748. The summed E-state index contributed by atoms with van der Waals surface area (Å²) in [5.41, 5.74) is 1.03. The molecule has 2 aliphatic rings. The Hall–Kier alpha value is -1.42. The monoisotopic (exact) mass is 287 g/mol. The number of carbonyl (C=O) groups is 1. The van der Waals surface area contributed by atoms with E-state index in [0.717, 1.165) is 24.5 Å². The highest BCUT2D eigenvalue weighted by Crippen LogP contribution is 2.32. The van der Waals surface area contributed by atoms with Crippen LogP contribution in [0.3, 0.4) is 0 Å². The molecule has 3 atom stereocenters. The van der Waals surface area contributed by atoms with Crippen LogP contribution >= 0.6 is 0 Å². The van der Waals surface area contributed by atoms with Crippen LogP contribution in [0.2, 0.25) is 0 Å². The van der Waals surface area contributed by atoms with Crippen LogP contribution in [-0.2, 0) is 11.2 Å². The summed E-state index contributed by atoms with van der Waals surface area (Å²) < 4.78 is 0. The molecule has 2 heterocycles. The standard InChI is InChI=1S/C17H25N3O/c21-17(19-12-10-14-6-3-4-11-18-14)16-9-8-13-5-1-2-7-15(13)20-16/h3-4,6,11,13,15-16,20H,1-2,5,7-10,12H2,(H,19,21). The lowest BCUT2D eigenvalue weighted by atomic mass is 9.77. The predicted molar refractivity (Wildman–Crippen MR) is 82.9 cm³/mol. The summed E-state index contributed by atoms with van der Waals surface area (Å²) in [5.74, 6) is 0.964. The molecule has 1 saturated heterocycles. The summed E-state index contributed by atoms with van der Waals surface area (Å²) in [4.78, 5) is 16.5. The van der Waals surface area contributed by atoms with Crippen molar-refractivity contribution in [2.45, 2.75) is 57.0 Å². The van der Waals surface area contributed by atoms with Crippen molar-refractivity contribution in [1.82, 2.24) is 15.6 Å². The second kappa shape index (κ2) is 7.03. The molecule has 1 aliphatic heterocycles. The molecule has 21 heavy (non-hydrogen) atoms. The number of hydrogen-bond acceptors (Lipinski definition) is 3. The lowest BCUT2D eigenvalue weighted by Crippen LogP contribution is -2.55. The van der Waals surface area contributed by atoms with Crippen LogP contribution in [0.4, 0.5) is 0 Å². The number of piperidine rings is 1. The number of fused-ring (bicyclic) bond motifs is 1. The maximum atomic E-state index is 12.3. The fourth-order valence-electron chi connectivity index (χ4n) is 3.68. The van der Waals surface area contributed by atoms with Gasteiger partial charge in [-0.3, -0.25) is 9.78 Å². The first kappa shape index (κ1) is 14.5. The zero-order valence-electron chi connectivity index (χ0n) is 12.6. The molecule has 0 aromatic carbocycles. The Morgan fingerprint density at radius 1 is 1.24 bits per heavy atom. The fourth-order valence-corrected chi connectivity index (χ4v) is 3.68. The Morgan fingerprint density at radius 2 is 2.14 bits per heavy atom. The minimum Gasteiger partial charge on any atom is -0.354 e. The van der Waals surface area contributed by atoms with E-state index in [0.29, 0.717) is 12.6 Å². The van der Waals surface area contributed by atoms with Crippen molar-refractivity contribution in [2.75, 3.05) is 6.54 Å². The third-order valence-corrected chi connectivity index (χ3v) is 4.87. The largest absolute Gasteiger partial charge is 0.354 e. The Bertz CT molecular complexity index is 462. The molecule has 1 amide bonds. The van der Waals surface area contributed by atoms with Gasteiger partial charge in [0.2, 0.25) is 5.91 Å². The zero-order chi connectivity index (χ0) is 14.5. The molecule has 2 N–H and O–H groups in total. The molecule has 1 aromatic heterocycles. The normalized spacial score (nSPS) is 28.7. The van der Waals surface area contributed by atoms with Gasteiger partial charge in [-0.15, -0.1) is 0 Å². The summed E-state index contributed by atoms with van der Waals surface area (Å²) in [7, 11) is 0. The number of carbonyl (C=O) groups excluding carboxylic acids is 1. The first-order chi connectivity index (χ1) is 10.3. The van der Waals surface area contributed by atoms with Gasteiger partial charge in [-0.2, -0.15) is 0 Å². The van der Waals surface area contributed by atoms with Gasteiger partial charge in [-0.1, -0.05) is 18.9 Å². The first-order valence-corrected chi connectivity index (χ1v) is 8.26. The molecule has 1 saturated carbocycles. The van der Waals surface area contributed by atoms with Gasteiger partial charge >= 0.3 is 0 Å². The second-order valence-electron chi connectivity index (χ2n) is 6.31. The van der Waals surface area contributed by atoms with Gasteiger partial charge < -0.3 is 10.6 Å². The Kier molecular flexibility index (Phi) is 4.86. The van der Waals surface area contributed by atoms with E-state index < -0.39 is 0 Å². The highest BCUT2D eigenvalue weighted by Gasteiger charge is 2.34. The average Bonchev–Trinajstić information content (AvgIpc) is 2.55. The van der Waals surface area contributed by atoms with Crippen LogP contribution in [0.15, 0.2) is 24.4 Å². The molecule has 4 nitrogen and oxygen atoms in total. The van der Waals surface area contributed by atoms with Gasteiger partial charge in [0, 0.05) is 30.9 Å². The fraction of sp³-hybridized carbons (Fsp3) is 0.647. The summed E-state index contributed by atoms with van der Waals surface area (Å²) in [6, 6.07) is 6.47. The maximum absolute atomic E-state index is 12.3. The quantitative estimate of drug-likeness (QED) is 0.891. The molecular weight excluding hydrogens is 262 g/mol. The topological polar surface area (TPSA) is 54.0 Å². The minimum absolute atomic E-state index is 0.00748. The molecular formula is C17H25N3O. The van der Waals surface area contributed by atoms with Crippen molar-refractivity contribution >= 4 is 5.91 Å². The Morgan fingerprint density at radius 3 is 3.00 bits per heavy atom. The van der Waals surface area contributed by atoms with E-state index in [-0.39, 0.29) is 11.9 Å². The van der Waals surface area contributed by atoms with E-state index in [1.54, 1.807) is 6.20 Å². The molecule has 0 bridgehead atoms. The van der Waals surface area contributed by atoms with Gasteiger partial charge in [-0.25, -0.2) is 0 Å². The van der Waals surface area contributed by atoms with Crippen molar-refractivity contribution in [3.8, 4) is 0 Å². The van der Waals surface area contributed by atoms with Gasteiger partial charge in [0.05, 0.1) is 6.04 Å². The van der Waals surface area contributed by atoms with Crippen LogP contribution in [0.1, 0.15) is 44.2 Å². The third-order valence-electron chi connectivity index (χ3n) is 4.87. The van der Waals surface area contributed by atoms with E-state index in [1.807, 2.05) is 18.2 Å². The molecule has 3 rings (SSSR count). The van der Waals surface area contributed by atoms with Gasteiger partial charge in [-0.05, 0) is 43.7 Å². The molecule has 0 spiro atoms. The highest BCUT2D eigenvalue weighted by atomic mass is 16.2. The van der Waals surface area contributed by atoms with Crippen molar-refractivity contribution in [1.29, 1.82) is 0 Å². The number of aromatic nitrogens is 1. The van der Waals surface area contributed by atoms with Crippen LogP contribution in [0.5, 0.6) is 0 Å². The van der Waals surface area contributed by atoms with E-state index >= 15 is 0 Å². The molecule has 1 aromatic rings. The van der Waals surface area contributed by atoms with Crippen molar-refractivity contribution < 1.29 is 4.79 Å².